The standard InChI is InChI=1S/C16H20N2O3/c1-3-14-17-12-9-11(15(19)20)5-6-13(12)18(14)16(2)7-4-8-21-10-16/h5-6,9H,3-4,7-8,10H2,1-2H3,(H,19,20). The second-order valence-electron chi connectivity index (χ2n) is 5.88. The van der Waals surface area contributed by atoms with Gasteiger partial charge in [-0.1, -0.05) is 6.92 Å². The molecular weight excluding hydrogens is 268 g/mol. The molecule has 0 bridgehead atoms. The van der Waals surface area contributed by atoms with Gasteiger partial charge in [0.05, 0.1) is 28.7 Å². The molecule has 5 heteroatoms. The maximum absolute atomic E-state index is 11.1. The third-order valence-electron chi connectivity index (χ3n) is 4.24. The Morgan fingerprint density at radius 2 is 2.33 bits per heavy atom. The molecule has 1 aromatic heterocycles. The van der Waals surface area contributed by atoms with Crippen LogP contribution in [0.2, 0.25) is 0 Å². The highest BCUT2D eigenvalue weighted by Gasteiger charge is 2.32. The number of rotatable bonds is 3. The summed E-state index contributed by atoms with van der Waals surface area (Å²) in [5.74, 6) is 0.0669. The van der Waals surface area contributed by atoms with Crippen molar-refractivity contribution in [3.05, 3.63) is 29.6 Å². The molecule has 0 saturated carbocycles. The van der Waals surface area contributed by atoms with Gasteiger partial charge < -0.3 is 14.4 Å². The summed E-state index contributed by atoms with van der Waals surface area (Å²) in [7, 11) is 0. The minimum Gasteiger partial charge on any atom is -0.478 e. The highest BCUT2D eigenvalue weighted by Crippen LogP contribution is 2.32. The summed E-state index contributed by atoms with van der Waals surface area (Å²) in [6, 6.07) is 5.17. The first-order valence-electron chi connectivity index (χ1n) is 7.38. The number of carbonyl (C=O) groups is 1. The summed E-state index contributed by atoms with van der Waals surface area (Å²) in [5, 5.41) is 9.12. The molecule has 2 heterocycles. The van der Waals surface area contributed by atoms with E-state index in [4.69, 9.17) is 9.84 Å². The zero-order valence-corrected chi connectivity index (χ0v) is 12.4. The van der Waals surface area contributed by atoms with E-state index in [-0.39, 0.29) is 11.1 Å². The highest BCUT2D eigenvalue weighted by molar-refractivity contribution is 5.92. The van der Waals surface area contributed by atoms with E-state index in [1.54, 1.807) is 12.1 Å². The van der Waals surface area contributed by atoms with Crippen LogP contribution in [0.25, 0.3) is 11.0 Å². The molecule has 1 fully saturated rings. The number of aromatic carboxylic acids is 1. The number of carboxylic acid groups (broad SMARTS) is 1. The first-order chi connectivity index (χ1) is 10.0. The zero-order valence-electron chi connectivity index (χ0n) is 12.4. The number of fused-ring (bicyclic) bond motifs is 1. The Morgan fingerprint density at radius 1 is 1.52 bits per heavy atom. The van der Waals surface area contributed by atoms with Gasteiger partial charge >= 0.3 is 5.97 Å². The van der Waals surface area contributed by atoms with Gasteiger partial charge in [-0.15, -0.1) is 0 Å². The average Bonchev–Trinajstić information content (AvgIpc) is 2.86. The first kappa shape index (κ1) is 14.1. The van der Waals surface area contributed by atoms with Crippen LogP contribution in [0.5, 0.6) is 0 Å². The minimum absolute atomic E-state index is 0.108. The lowest BCUT2D eigenvalue weighted by Crippen LogP contribution is -2.39. The van der Waals surface area contributed by atoms with Crippen molar-refractivity contribution in [3.63, 3.8) is 0 Å². The van der Waals surface area contributed by atoms with E-state index < -0.39 is 5.97 Å². The molecule has 1 saturated heterocycles. The van der Waals surface area contributed by atoms with Crippen molar-refractivity contribution in [2.75, 3.05) is 13.2 Å². The molecule has 3 rings (SSSR count). The van der Waals surface area contributed by atoms with Crippen molar-refractivity contribution in [2.45, 2.75) is 38.6 Å². The summed E-state index contributed by atoms with van der Waals surface area (Å²) in [4.78, 5) is 15.8. The number of hydrogen-bond donors (Lipinski definition) is 1. The van der Waals surface area contributed by atoms with Crippen LogP contribution in [-0.4, -0.2) is 33.8 Å². The number of aromatic nitrogens is 2. The van der Waals surface area contributed by atoms with Gasteiger partial charge in [0, 0.05) is 13.0 Å². The Morgan fingerprint density at radius 3 is 2.95 bits per heavy atom. The predicted molar refractivity (Wildman–Crippen MR) is 79.8 cm³/mol. The molecule has 1 unspecified atom stereocenters. The number of imidazole rings is 1. The molecule has 0 aliphatic carbocycles. The van der Waals surface area contributed by atoms with Gasteiger partial charge in [0.15, 0.2) is 0 Å². The number of aryl methyl sites for hydroxylation is 1. The second-order valence-corrected chi connectivity index (χ2v) is 5.88. The molecule has 0 spiro atoms. The van der Waals surface area contributed by atoms with Crippen LogP contribution >= 0.6 is 0 Å². The summed E-state index contributed by atoms with van der Waals surface area (Å²) in [6.45, 7) is 5.75. The summed E-state index contributed by atoms with van der Waals surface area (Å²) >= 11 is 0. The van der Waals surface area contributed by atoms with Gasteiger partial charge in [-0.05, 0) is 38.0 Å². The third kappa shape index (κ3) is 2.31. The number of benzene rings is 1. The Kier molecular flexibility index (Phi) is 3.45. The largest absolute Gasteiger partial charge is 0.478 e. The highest BCUT2D eigenvalue weighted by atomic mass is 16.5. The summed E-state index contributed by atoms with van der Waals surface area (Å²) in [5.41, 5.74) is 1.91. The van der Waals surface area contributed by atoms with Crippen molar-refractivity contribution < 1.29 is 14.6 Å². The fourth-order valence-electron chi connectivity index (χ4n) is 3.20. The number of carboxylic acids is 1. The normalized spacial score (nSPS) is 22.6. The van der Waals surface area contributed by atoms with E-state index in [2.05, 4.69) is 23.4 Å². The van der Waals surface area contributed by atoms with Crippen LogP contribution in [0.15, 0.2) is 18.2 Å². The van der Waals surface area contributed by atoms with Gasteiger partial charge in [-0.3, -0.25) is 0 Å². The van der Waals surface area contributed by atoms with Gasteiger partial charge in [0.1, 0.15) is 5.82 Å². The molecule has 0 radical (unpaired) electrons. The number of nitrogens with zero attached hydrogens (tertiary/aromatic N) is 2. The van der Waals surface area contributed by atoms with Crippen LogP contribution in [-0.2, 0) is 16.7 Å². The van der Waals surface area contributed by atoms with E-state index in [1.165, 1.54) is 0 Å². The molecule has 0 amide bonds. The van der Waals surface area contributed by atoms with Gasteiger partial charge in [0.2, 0.25) is 0 Å². The Hall–Kier alpha value is -1.88. The number of hydrogen-bond acceptors (Lipinski definition) is 3. The third-order valence-corrected chi connectivity index (χ3v) is 4.24. The fourth-order valence-corrected chi connectivity index (χ4v) is 3.20. The fraction of sp³-hybridized carbons (Fsp3) is 0.500. The van der Waals surface area contributed by atoms with Crippen LogP contribution in [0.3, 0.4) is 0 Å². The SMILES string of the molecule is CCc1nc2cc(C(=O)O)ccc2n1C1(C)CCCOC1. The van der Waals surface area contributed by atoms with Crippen LogP contribution < -0.4 is 0 Å². The molecule has 21 heavy (non-hydrogen) atoms. The lowest BCUT2D eigenvalue weighted by Gasteiger charge is -2.36. The monoisotopic (exact) mass is 288 g/mol. The minimum atomic E-state index is -0.920. The first-order valence-corrected chi connectivity index (χ1v) is 7.38. The second kappa shape index (κ2) is 5.15. The molecule has 1 aromatic carbocycles. The van der Waals surface area contributed by atoms with Crippen LogP contribution in [0.1, 0.15) is 42.9 Å². The van der Waals surface area contributed by atoms with Crippen LogP contribution in [0, 0.1) is 0 Å². The van der Waals surface area contributed by atoms with Crippen molar-refractivity contribution >= 4 is 17.0 Å². The molecule has 1 atom stereocenters. The lowest BCUT2D eigenvalue weighted by atomic mass is 9.94. The van der Waals surface area contributed by atoms with Crippen molar-refractivity contribution in [3.8, 4) is 0 Å². The molecule has 1 aliphatic rings. The van der Waals surface area contributed by atoms with E-state index in [0.29, 0.717) is 6.61 Å². The molecule has 5 nitrogen and oxygen atoms in total. The van der Waals surface area contributed by atoms with E-state index in [9.17, 15) is 4.79 Å². The molecular formula is C16H20N2O3. The Labute approximate surface area is 123 Å². The van der Waals surface area contributed by atoms with Crippen molar-refractivity contribution in [2.24, 2.45) is 0 Å². The van der Waals surface area contributed by atoms with Crippen molar-refractivity contribution in [1.29, 1.82) is 0 Å². The van der Waals surface area contributed by atoms with Gasteiger partial charge in [0.25, 0.3) is 0 Å². The van der Waals surface area contributed by atoms with Crippen molar-refractivity contribution in [1.82, 2.24) is 9.55 Å². The topological polar surface area (TPSA) is 64.3 Å². The molecule has 112 valence electrons. The molecule has 1 N–H and O–H groups in total. The zero-order chi connectivity index (χ0) is 15.0. The quantitative estimate of drug-likeness (QED) is 0.943. The summed E-state index contributed by atoms with van der Waals surface area (Å²) in [6.07, 6.45) is 2.89. The van der Waals surface area contributed by atoms with E-state index in [1.807, 2.05) is 6.07 Å². The molecule has 1 aliphatic heterocycles. The van der Waals surface area contributed by atoms with Crippen LogP contribution in [0.4, 0.5) is 0 Å². The van der Waals surface area contributed by atoms with Gasteiger partial charge in [-0.25, -0.2) is 9.78 Å². The smallest absolute Gasteiger partial charge is 0.335 e. The lowest BCUT2D eigenvalue weighted by molar-refractivity contribution is 0.0102. The average molecular weight is 288 g/mol. The Bertz CT molecular complexity index is 684. The van der Waals surface area contributed by atoms with Gasteiger partial charge in [-0.2, -0.15) is 0 Å². The number of ether oxygens (including phenoxy) is 1. The maximum Gasteiger partial charge on any atom is 0.335 e. The van der Waals surface area contributed by atoms with E-state index >= 15 is 0 Å². The van der Waals surface area contributed by atoms with E-state index in [0.717, 1.165) is 42.7 Å². The predicted octanol–water partition coefficient (Wildman–Crippen LogP) is 2.82. The molecule has 2 aromatic rings. The maximum atomic E-state index is 11.1. The Balaban J connectivity index is 2.18. The summed E-state index contributed by atoms with van der Waals surface area (Å²) < 4.78 is 7.92.